The van der Waals surface area contributed by atoms with Gasteiger partial charge in [0.1, 0.15) is 34.3 Å². The van der Waals surface area contributed by atoms with Crippen molar-refractivity contribution in [2.24, 2.45) is 30.7 Å². The van der Waals surface area contributed by atoms with Crippen molar-refractivity contribution in [1.82, 2.24) is 0 Å². The van der Waals surface area contributed by atoms with Crippen molar-refractivity contribution in [2.45, 2.75) is 20.8 Å². The van der Waals surface area contributed by atoms with Crippen LogP contribution in [-0.4, -0.2) is 20.4 Å². The third kappa shape index (κ3) is 6.60. The zero-order valence-corrected chi connectivity index (χ0v) is 23.7. The van der Waals surface area contributed by atoms with E-state index in [1.165, 1.54) is 24.3 Å². The summed E-state index contributed by atoms with van der Waals surface area (Å²) < 4.78 is 0. The quantitative estimate of drug-likeness (QED) is 0.112. The first-order valence-corrected chi connectivity index (χ1v) is 12.6. The summed E-state index contributed by atoms with van der Waals surface area (Å²) in [7, 11) is 0. The summed E-state index contributed by atoms with van der Waals surface area (Å²) in [6.45, 7) is 5.61. The fourth-order valence-electron chi connectivity index (χ4n) is 4.08. The third-order valence-electron chi connectivity index (χ3n) is 6.35. The first-order chi connectivity index (χ1) is 19.7. The zero-order valence-electron chi connectivity index (χ0n) is 22.8. The van der Waals surface area contributed by atoms with Crippen LogP contribution in [0.4, 0.5) is 34.1 Å². The first kappa shape index (κ1) is 29.9. The molecular formula is C31H26CuN6O4. The predicted molar refractivity (Wildman–Crippen MR) is 157 cm³/mol. The summed E-state index contributed by atoms with van der Waals surface area (Å²) in [5, 5.41) is 67.2. The van der Waals surface area contributed by atoms with Gasteiger partial charge >= 0.3 is 0 Å². The molecule has 0 spiro atoms. The fraction of sp³-hybridized carbons (Fsp3) is 0.0968. The Morgan fingerprint density at radius 2 is 1.14 bits per heavy atom. The monoisotopic (exact) mass is 609 g/mol. The van der Waals surface area contributed by atoms with Gasteiger partial charge < -0.3 is 20.4 Å². The van der Waals surface area contributed by atoms with E-state index in [1.54, 1.807) is 31.2 Å². The van der Waals surface area contributed by atoms with Gasteiger partial charge in [-0.05, 0) is 91.9 Å². The largest absolute Gasteiger partial charge is 0.508 e. The van der Waals surface area contributed by atoms with Crippen LogP contribution in [-0.2, 0) is 17.1 Å². The van der Waals surface area contributed by atoms with Gasteiger partial charge in [0.05, 0.1) is 17.1 Å². The summed E-state index contributed by atoms with van der Waals surface area (Å²) in [5.41, 5.74) is 4.92. The Balaban J connectivity index is 0.00000405. The minimum Gasteiger partial charge on any atom is -0.508 e. The maximum atomic E-state index is 11.0. The second-order valence-electron chi connectivity index (χ2n) is 9.53. The van der Waals surface area contributed by atoms with Crippen molar-refractivity contribution in [3.8, 4) is 23.0 Å². The van der Waals surface area contributed by atoms with Crippen LogP contribution in [0.25, 0.3) is 10.8 Å². The fourth-order valence-corrected chi connectivity index (χ4v) is 4.08. The van der Waals surface area contributed by atoms with Crippen molar-refractivity contribution in [1.29, 1.82) is 0 Å². The van der Waals surface area contributed by atoms with Crippen molar-refractivity contribution in [3.63, 3.8) is 0 Å². The van der Waals surface area contributed by atoms with Crippen LogP contribution in [0.1, 0.15) is 16.7 Å². The summed E-state index contributed by atoms with van der Waals surface area (Å²) in [6.07, 6.45) is 0. The minimum atomic E-state index is -0.194. The van der Waals surface area contributed by atoms with Crippen molar-refractivity contribution in [2.75, 3.05) is 0 Å². The molecule has 5 aromatic carbocycles. The number of phenols is 4. The SMILES string of the molecule is Cc1ccc(N=Nc2cc(O)c(N=Nc3c(C)cc4cc(N=Nc5ccc(O)cc5O)ccc4c3O)cc2C)cc1.[Cu]. The number of hydrogen-bond acceptors (Lipinski definition) is 10. The smallest absolute Gasteiger partial charge is 0.151 e. The molecule has 5 aromatic rings. The topological polar surface area (TPSA) is 155 Å². The van der Waals surface area contributed by atoms with Crippen LogP contribution in [0.3, 0.4) is 0 Å². The third-order valence-corrected chi connectivity index (χ3v) is 6.35. The normalized spacial score (nSPS) is 11.6. The second kappa shape index (κ2) is 12.6. The molecule has 4 N–H and O–H groups in total. The van der Waals surface area contributed by atoms with Crippen LogP contribution in [0.2, 0.25) is 0 Å². The van der Waals surface area contributed by atoms with Gasteiger partial charge in [-0.1, -0.05) is 17.7 Å². The van der Waals surface area contributed by atoms with Crippen molar-refractivity contribution >= 4 is 44.9 Å². The number of rotatable bonds is 6. The summed E-state index contributed by atoms with van der Waals surface area (Å²) in [5.74, 6) is -0.456. The van der Waals surface area contributed by atoms with Crippen LogP contribution in [0.15, 0.2) is 110 Å². The molecule has 10 nitrogen and oxygen atoms in total. The number of hydrogen-bond donors (Lipinski definition) is 4. The van der Waals surface area contributed by atoms with E-state index in [1.807, 2.05) is 44.2 Å². The standard InChI is InChI=1S/C31H26N6O4.Cu/c1-17-4-6-21(7-5-17)32-35-26-16-29(40)27(13-18(26)2)36-37-30-19(3)12-20-14-22(8-10-24(20)31(30)41)33-34-25-11-9-23(38)15-28(25)39;/h4-16,38-41H,1-3H3;. The Kier molecular flexibility index (Phi) is 8.95. The number of aromatic hydroxyl groups is 4. The van der Waals surface area contributed by atoms with Gasteiger partial charge in [-0.25, -0.2) is 0 Å². The van der Waals surface area contributed by atoms with Crippen LogP contribution in [0.5, 0.6) is 23.0 Å². The van der Waals surface area contributed by atoms with E-state index in [2.05, 4.69) is 30.7 Å². The molecule has 0 atom stereocenters. The Labute approximate surface area is 251 Å². The molecule has 0 aliphatic carbocycles. The van der Waals surface area contributed by atoms with Crippen molar-refractivity contribution in [3.05, 3.63) is 95.6 Å². The van der Waals surface area contributed by atoms with E-state index >= 15 is 0 Å². The number of phenolic OH excluding ortho intramolecular Hbond substituents is 4. The molecule has 0 aliphatic rings. The Morgan fingerprint density at radius 3 is 1.88 bits per heavy atom. The predicted octanol–water partition coefficient (Wildman–Crippen LogP) is 9.83. The molecule has 0 bridgehead atoms. The molecule has 42 heavy (non-hydrogen) atoms. The average Bonchev–Trinajstić information content (AvgIpc) is 2.94. The number of aryl methyl sites for hydroxylation is 3. The van der Waals surface area contributed by atoms with Crippen LogP contribution in [0, 0.1) is 20.8 Å². The number of nitrogens with zero attached hydrogens (tertiary/aromatic N) is 6. The molecular weight excluding hydrogens is 584 g/mol. The molecule has 0 saturated heterocycles. The first-order valence-electron chi connectivity index (χ1n) is 12.6. The maximum Gasteiger partial charge on any atom is 0.151 e. The van der Waals surface area contributed by atoms with Gasteiger partial charge in [0.25, 0.3) is 0 Å². The minimum absolute atomic E-state index is 0. The Bertz CT molecular complexity index is 1870. The van der Waals surface area contributed by atoms with Gasteiger partial charge in [-0.15, -0.1) is 15.3 Å². The van der Waals surface area contributed by atoms with Crippen LogP contribution < -0.4 is 0 Å². The Morgan fingerprint density at radius 1 is 0.500 bits per heavy atom. The molecule has 0 heterocycles. The molecule has 11 heteroatoms. The molecule has 0 aliphatic heterocycles. The zero-order chi connectivity index (χ0) is 29.1. The van der Waals surface area contributed by atoms with Gasteiger partial charge in [0.15, 0.2) is 5.75 Å². The van der Waals surface area contributed by atoms with Crippen LogP contribution >= 0.6 is 0 Å². The molecule has 5 rings (SSSR count). The molecule has 0 amide bonds. The number of benzene rings is 5. The molecule has 0 unspecified atom stereocenters. The Hall–Kier alpha value is -5.12. The number of fused-ring (bicyclic) bond motifs is 1. The molecule has 0 fully saturated rings. The molecule has 0 aromatic heterocycles. The van der Waals surface area contributed by atoms with E-state index in [0.717, 1.165) is 11.1 Å². The summed E-state index contributed by atoms with van der Waals surface area (Å²) in [6, 6.07) is 21.7. The van der Waals surface area contributed by atoms with E-state index < -0.39 is 0 Å². The number of azo groups is 3. The van der Waals surface area contributed by atoms with Gasteiger partial charge in [0, 0.05) is 34.6 Å². The summed E-state index contributed by atoms with van der Waals surface area (Å²) in [4.78, 5) is 0. The van der Waals surface area contributed by atoms with E-state index in [0.29, 0.717) is 33.4 Å². The second-order valence-corrected chi connectivity index (χ2v) is 9.53. The van der Waals surface area contributed by atoms with E-state index in [9.17, 15) is 20.4 Å². The van der Waals surface area contributed by atoms with E-state index in [4.69, 9.17) is 0 Å². The van der Waals surface area contributed by atoms with Gasteiger partial charge in [0.2, 0.25) is 0 Å². The summed E-state index contributed by atoms with van der Waals surface area (Å²) >= 11 is 0. The molecule has 0 saturated carbocycles. The van der Waals surface area contributed by atoms with Gasteiger partial charge in [-0.3, -0.25) is 0 Å². The van der Waals surface area contributed by atoms with Crippen molar-refractivity contribution < 1.29 is 37.5 Å². The molecule has 1 radical (unpaired) electrons. The average molecular weight is 610 g/mol. The maximum absolute atomic E-state index is 11.0. The van der Waals surface area contributed by atoms with E-state index in [-0.39, 0.29) is 57.1 Å². The molecule has 215 valence electrons. The van der Waals surface area contributed by atoms with Gasteiger partial charge in [-0.2, -0.15) is 15.3 Å².